The van der Waals surface area contributed by atoms with E-state index in [2.05, 4.69) is 22.8 Å². The summed E-state index contributed by atoms with van der Waals surface area (Å²) in [5.74, 6) is 1.06. The molecule has 0 spiro atoms. The summed E-state index contributed by atoms with van der Waals surface area (Å²) < 4.78 is 5.32. The molecule has 3 heteroatoms. The van der Waals surface area contributed by atoms with Crippen LogP contribution in [0.2, 0.25) is 0 Å². The zero-order valence-electron chi connectivity index (χ0n) is 8.77. The van der Waals surface area contributed by atoms with E-state index in [1.54, 1.807) is 17.6 Å². The summed E-state index contributed by atoms with van der Waals surface area (Å²) in [5, 5.41) is 5.45. The maximum absolute atomic E-state index is 5.32. The second-order valence-corrected chi connectivity index (χ2v) is 4.45. The van der Waals surface area contributed by atoms with Crippen molar-refractivity contribution in [3.8, 4) is 0 Å². The van der Waals surface area contributed by atoms with Crippen LogP contribution in [-0.2, 0) is 6.42 Å². The van der Waals surface area contributed by atoms with Gasteiger partial charge >= 0.3 is 0 Å². The van der Waals surface area contributed by atoms with Crippen LogP contribution in [0.4, 0.5) is 0 Å². The van der Waals surface area contributed by atoms with Crippen molar-refractivity contribution in [2.75, 3.05) is 7.05 Å². The van der Waals surface area contributed by atoms with Crippen LogP contribution < -0.4 is 5.32 Å². The molecule has 1 atom stereocenters. The normalized spacial score (nSPS) is 12.9. The van der Waals surface area contributed by atoms with Crippen molar-refractivity contribution in [1.82, 2.24) is 5.32 Å². The van der Waals surface area contributed by atoms with Crippen molar-refractivity contribution >= 4 is 11.3 Å². The third-order valence-corrected chi connectivity index (χ3v) is 3.48. The summed E-state index contributed by atoms with van der Waals surface area (Å²) in [6, 6.07) is 8.68. The quantitative estimate of drug-likeness (QED) is 0.838. The second kappa shape index (κ2) is 5.14. The lowest BCUT2D eigenvalue weighted by atomic mass is 10.1. The molecule has 0 saturated heterocycles. The zero-order chi connectivity index (χ0) is 10.5. The minimum atomic E-state index is 0.440. The maximum Gasteiger partial charge on any atom is 0.103 e. The third kappa shape index (κ3) is 2.70. The molecule has 80 valence electrons. The molecule has 0 aliphatic heterocycles. The van der Waals surface area contributed by atoms with Crippen LogP contribution >= 0.6 is 11.3 Å². The fourth-order valence-electron chi connectivity index (χ4n) is 1.66. The molecular formula is C12H15NOS. The fraction of sp³-hybridized carbons (Fsp3) is 0.333. The Kier molecular flexibility index (Phi) is 3.59. The van der Waals surface area contributed by atoms with Gasteiger partial charge in [0.25, 0.3) is 0 Å². The van der Waals surface area contributed by atoms with Crippen LogP contribution in [0.5, 0.6) is 0 Å². The Balaban J connectivity index is 1.92. The molecule has 1 N–H and O–H groups in total. The average molecular weight is 221 g/mol. The van der Waals surface area contributed by atoms with Crippen LogP contribution in [0, 0.1) is 0 Å². The molecule has 2 heterocycles. The third-order valence-electron chi connectivity index (χ3n) is 2.49. The Morgan fingerprint density at radius 1 is 1.40 bits per heavy atom. The van der Waals surface area contributed by atoms with Crippen LogP contribution in [0.15, 0.2) is 40.3 Å². The standard InChI is InChI=1S/C12H15NOS/c1-13-11(12-5-3-9-15-12)7-6-10-4-2-8-14-10/h2-5,8-9,11,13H,6-7H2,1H3. The van der Waals surface area contributed by atoms with E-state index in [-0.39, 0.29) is 0 Å². The van der Waals surface area contributed by atoms with Crippen molar-refractivity contribution in [3.05, 3.63) is 46.5 Å². The first kappa shape index (κ1) is 10.5. The minimum Gasteiger partial charge on any atom is -0.469 e. The molecule has 2 rings (SSSR count). The van der Waals surface area contributed by atoms with Gasteiger partial charge in [-0.25, -0.2) is 0 Å². The molecule has 0 amide bonds. The average Bonchev–Trinajstić information content (AvgIpc) is 2.90. The first-order valence-electron chi connectivity index (χ1n) is 5.13. The van der Waals surface area contributed by atoms with Crippen LogP contribution in [0.25, 0.3) is 0 Å². The van der Waals surface area contributed by atoms with E-state index in [1.165, 1.54) is 4.88 Å². The monoisotopic (exact) mass is 221 g/mol. The molecule has 1 unspecified atom stereocenters. The molecule has 0 bridgehead atoms. The molecule has 0 aromatic carbocycles. The number of furan rings is 1. The minimum absolute atomic E-state index is 0.440. The summed E-state index contributed by atoms with van der Waals surface area (Å²) in [7, 11) is 2.01. The van der Waals surface area contributed by atoms with Crippen molar-refractivity contribution in [3.63, 3.8) is 0 Å². The number of aryl methyl sites for hydroxylation is 1. The molecule has 2 aromatic heterocycles. The summed E-state index contributed by atoms with van der Waals surface area (Å²) in [4.78, 5) is 1.39. The molecule has 0 aliphatic rings. The number of hydrogen-bond acceptors (Lipinski definition) is 3. The Morgan fingerprint density at radius 3 is 2.93 bits per heavy atom. The van der Waals surface area contributed by atoms with Gasteiger partial charge in [0.05, 0.1) is 6.26 Å². The zero-order valence-corrected chi connectivity index (χ0v) is 9.59. The molecule has 15 heavy (non-hydrogen) atoms. The van der Waals surface area contributed by atoms with Crippen LogP contribution in [0.1, 0.15) is 23.1 Å². The summed E-state index contributed by atoms with van der Waals surface area (Å²) in [5.41, 5.74) is 0. The van der Waals surface area contributed by atoms with Crippen molar-refractivity contribution < 1.29 is 4.42 Å². The second-order valence-electron chi connectivity index (χ2n) is 3.47. The van der Waals surface area contributed by atoms with E-state index in [1.807, 2.05) is 19.2 Å². The number of thiophene rings is 1. The lowest BCUT2D eigenvalue weighted by Crippen LogP contribution is -2.15. The first-order valence-corrected chi connectivity index (χ1v) is 6.01. The Labute approximate surface area is 93.9 Å². The van der Waals surface area contributed by atoms with Crippen molar-refractivity contribution in [2.24, 2.45) is 0 Å². The van der Waals surface area contributed by atoms with Gasteiger partial charge in [-0.3, -0.25) is 0 Å². The van der Waals surface area contributed by atoms with Gasteiger partial charge in [0.15, 0.2) is 0 Å². The number of nitrogens with one attached hydrogen (secondary N) is 1. The summed E-state index contributed by atoms with van der Waals surface area (Å²) >= 11 is 1.80. The van der Waals surface area contributed by atoms with Gasteiger partial charge in [0, 0.05) is 17.3 Å². The summed E-state index contributed by atoms with van der Waals surface area (Å²) in [6.07, 6.45) is 3.79. The van der Waals surface area contributed by atoms with Gasteiger partial charge in [0.2, 0.25) is 0 Å². The lowest BCUT2D eigenvalue weighted by Gasteiger charge is -2.13. The molecule has 0 aliphatic carbocycles. The van der Waals surface area contributed by atoms with Gasteiger partial charge in [0.1, 0.15) is 5.76 Å². The van der Waals surface area contributed by atoms with Crippen LogP contribution in [0.3, 0.4) is 0 Å². The predicted molar refractivity (Wildman–Crippen MR) is 63.1 cm³/mol. The van der Waals surface area contributed by atoms with Gasteiger partial charge in [-0.15, -0.1) is 11.3 Å². The van der Waals surface area contributed by atoms with Gasteiger partial charge < -0.3 is 9.73 Å². The predicted octanol–water partition coefficient (Wildman–Crippen LogP) is 3.23. The SMILES string of the molecule is CNC(CCc1ccco1)c1cccs1. The maximum atomic E-state index is 5.32. The largest absolute Gasteiger partial charge is 0.469 e. The van der Waals surface area contributed by atoms with E-state index in [4.69, 9.17) is 4.42 Å². The highest BCUT2D eigenvalue weighted by Crippen LogP contribution is 2.23. The molecule has 0 saturated carbocycles. The van der Waals surface area contributed by atoms with E-state index >= 15 is 0 Å². The Morgan fingerprint density at radius 2 is 2.33 bits per heavy atom. The highest BCUT2D eigenvalue weighted by atomic mass is 32.1. The first-order chi connectivity index (χ1) is 7.40. The van der Waals surface area contributed by atoms with E-state index in [0.29, 0.717) is 6.04 Å². The fourth-order valence-corrected chi connectivity index (χ4v) is 2.53. The van der Waals surface area contributed by atoms with Gasteiger partial charge in [-0.1, -0.05) is 6.07 Å². The lowest BCUT2D eigenvalue weighted by molar-refractivity contribution is 0.472. The van der Waals surface area contributed by atoms with E-state index in [9.17, 15) is 0 Å². The highest BCUT2D eigenvalue weighted by Gasteiger charge is 2.10. The van der Waals surface area contributed by atoms with Gasteiger partial charge in [-0.05, 0) is 37.0 Å². The molecule has 0 radical (unpaired) electrons. The van der Waals surface area contributed by atoms with Gasteiger partial charge in [-0.2, -0.15) is 0 Å². The topological polar surface area (TPSA) is 25.2 Å². The Hall–Kier alpha value is -1.06. The van der Waals surface area contributed by atoms with Crippen molar-refractivity contribution in [1.29, 1.82) is 0 Å². The smallest absolute Gasteiger partial charge is 0.103 e. The van der Waals surface area contributed by atoms with E-state index < -0.39 is 0 Å². The molecule has 2 aromatic rings. The summed E-state index contributed by atoms with van der Waals surface area (Å²) in [6.45, 7) is 0. The highest BCUT2D eigenvalue weighted by molar-refractivity contribution is 7.10. The Bertz CT molecular complexity index is 366. The molecule has 2 nitrogen and oxygen atoms in total. The van der Waals surface area contributed by atoms with Crippen molar-refractivity contribution in [2.45, 2.75) is 18.9 Å². The molecule has 0 fully saturated rings. The number of rotatable bonds is 5. The van der Waals surface area contributed by atoms with E-state index in [0.717, 1.165) is 18.6 Å². The number of hydrogen-bond donors (Lipinski definition) is 1. The molecular weight excluding hydrogens is 206 g/mol. The van der Waals surface area contributed by atoms with Crippen LogP contribution in [-0.4, -0.2) is 7.05 Å².